The van der Waals surface area contributed by atoms with E-state index in [0.29, 0.717) is 25.6 Å². The molecule has 0 atom stereocenters. The van der Waals surface area contributed by atoms with Crippen LogP contribution in [0.2, 0.25) is 0 Å². The maximum absolute atomic E-state index is 12.2. The molecule has 5 nitrogen and oxygen atoms in total. The number of guanidine groups is 1. The van der Waals surface area contributed by atoms with Gasteiger partial charge in [-0.05, 0) is 31.0 Å². The molecule has 0 fully saturated rings. The Morgan fingerprint density at radius 2 is 1.93 bits per heavy atom. The van der Waals surface area contributed by atoms with Gasteiger partial charge in [-0.2, -0.15) is 13.2 Å². The van der Waals surface area contributed by atoms with Crippen molar-refractivity contribution in [1.82, 2.24) is 15.6 Å². The molecular weight excluding hydrogens is 484 g/mol. The van der Waals surface area contributed by atoms with E-state index in [2.05, 4.69) is 31.4 Å². The molecule has 0 spiro atoms. The van der Waals surface area contributed by atoms with Crippen molar-refractivity contribution in [3.63, 3.8) is 0 Å². The Morgan fingerprint density at radius 3 is 2.61 bits per heavy atom. The van der Waals surface area contributed by atoms with Crippen molar-refractivity contribution in [1.29, 1.82) is 0 Å². The monoisotopic (exact) mass is 508 g/mol. The van der Waals surface area contributed by atoms with E-state index in [1.54, 1.807) is 6.07 Å². The third-order valence-electron chi connectivity index (χ3n) is 3.49. The zero-order valence-corrected chi connectivity index (χ0v) is 18.0. The van der Waals surface area contributed by atoms with Crippen LogP contribution in [0.1, 0.15) is 23.6 Å². The van der Waals surface area contributed by atoms with Gasteiger partial charge in [0.25, 0.3) is 0 Å². The summed E-state index contributed by atoms with van der Waals surface area (Å²) in [5, 5.41) is 6.30. The molecule has 154 valence electrons. The molecule has 0 unspecified atom stereocenters. The van der Waals surface area contributed by atoms with Gasteiger partial charge < -0.3 is 15.4 Å². The number of nitrogens with zero attached hydrogens (tertiary/aromatic N) is 2. The molecule has 0 saturated heterocycles. The van der Waals surface area contributed by atoms with Gasteiger partial charge in [0, 0.05) is 25.4 Å². The van der Waals surface area contributed by atoms with E-state index in [9.17, 15) is 13.2 Å². The van der Waals surface area contributed by atoms with E-state index < -0.39 is 12.8 Å². The zero-order chi connectivity index (χ0) is 19.7. The van der Waals surface area contributed by atoms with E-state index in [1.165, 1.54) is 17.8 Å². The molecule has 2 N–H and O–H groups in total. The first-order valence-corrected chi connectivity index (χ1v) is 8.58. The minimum absolute atomic E-state index is 0. The third-order valence-corrected chi connectivity index (χ3v) is 3.49. The number of halogens is 4. The minimum atomic E-state index is -4.39. The summed E-state index contributed by atoms with van der Waals surface area (Å²) < 4.78 is 41.4. The van der Waals surface area contributed by atoms with Gasteiger partial charge in [0.15, 0.2) is 12.6 Å². The second-order valence-electron chi connectivity index (χ2n) is 5.94. The van der Waals surface area contributed by atoms with Gasteiger partial charge in [-0.25, -0.2) is 9.98 Å². The van der Waals surface area contributed by atoms with Crippen molar-refractivity contribution >= 4 is 29.9 Å². The standard InChI is InChI=1S/C19H23F3N4O.HI/c1-3-23-18(25-11-15-6-4-5-14(2)9-15)26-12-16-7-8-24-17(10-16)27-13-19(20,21)22;/h4-10H,3,11-13H2,1-2H3,(H2,23,25,26);1H. The first kappa shape index (κ1) is 24.0. The fraction of sp³-hybridized carbons (Fsp3) is 0.368. The molecule has 1 heterocycles. The number of hydrogen-bond donors (Lipinski definition) is 2. The summed E-state index contributed by atoms with van der Waals surface area (Å²) in [7, 11) is 0. The van der Waals surface area contributed by atoms with E-state index in [-0.39, 0.29) is 29.9 Å². The first-order chi connectivity index (χ1) is 12.9. The van der Waals surface area contributed by atoms with E-state index >= 15 is 0 Å². The number of ether oxygens (including phenoxy) is 1. The SMILES string of the molecule is CCNC(=NCc1cccc(C)c1)NCc1ccnc(OCC(F)(F)F)c1.I. The molecule has 0 bridgehead atoms. The molecule has 2 aromatic rings. The lowest BCUT2D eigenvalue weighted by atomic mass is 10.1. The van der Waals surface area contributed by atoms with Crippen LogP contribution in [0.3, 0.4) is 0 Å². The van der Waals surface area contributed by atoms with Gasteiger partial charge in [0.05, 0.1) is 6.54 Å². The largest absolute Gasteiger partial charge is 0.468 e. The number of pyridine rings is 1. The Balaban J connectivity index is 0.00000392. The third kappa shape index (κ3) is 9.25. The fourth-order valence-corrected chi connectivity index (χ4v) is 2.30. The number of aryl methyl sites for hydroxylation is 1. The fourth-order valence-electron chi connectivity index (χ4n) is 2.30. The summed E-state index contributed by atoms with van der Waals surface area (Å²) in [4.78, 5) is 8.32. The number of rotatable bonds is 7. The van der Waals surface area contributed by atoms with Gasteiger partial charge in [-0.1, -0.05) is 29.8 Å². The molecule has 0 aliphatic heterocycles. The number of nitrogens with one attached hydrogen (secondary N) is 2. The van der Waals surface area contributed by atoms with E-state index in [1.807, 2.05) is 32.0 Å². The van der Waals surface area contributed by atoms with Crippen LogP contribution in [0.15, 0.2) is 47.6 Å². The van der Waals surface area contributed by atoms with Crippen molar-refractivity contribution in [3.05, 3.63) is 59.3 Å². The van der Waals surface area contributed by atoms with Gasteiger partial charge in [0.2, 0.25) is 5.88 Å². The second kappa shape index (κ2) is 11.7. The number of hydrogen-bond acceptors (Lipinski definition) is 3. The van der Waals surface area contributed by atoms with Crippen LogP contribution in [0.25, 0.3) is 0 Å². The molecule has 0 aliphatic rings. The van der Waals surface area contributed by atoms with Gasteiger partial charge in [0.1, 0.15) is 0 Å². The van der Waals surface area contributed by atoms with Crippen molar-refractivity contribution in [2.75, 3.05) is 13.2 Å². The minimum Gasteiger partial charge on any atom is -0.468 e. The van der Waals surface area contributed by atoms with Gasteiger partial charge >= 0.3 is 6.18 Å². The molecule has 1 aromatic carbocycles. The highest BCUT2D eigenvalue weighted by molar-refractivity contribution is 14.0. The molecule has 28 heavy (non-hydrogen) atoms. The maximum atomic E-state index is 12.2. The average Bonchev–Trinajstić information content (AvgIpc) is 2.62. The Morgan fingerprint density at radius 1 is 1.14 bits per heavy atom. The predicted molar refractivity (Wildman–Crippen MR) is 114 cm³/mol. The van der Waals surface area contributed by atoms with Gasteiger partial charge in [-0.3, -0.25) is 0 Å². The highest BCUT2D eigenvalue weighted by Crippen LogP contribution is 2.17. The van der Waals surface area contributed by atoms with Crippen LogP contribution in [0.4, 0.5) is 13.2 Å². The molecular formula is C19H24F3IN4O. The Bertz CT molecular complexity index is 769. The van der Waals surface area contributed by atoms with Crippen LogP contribution >= 0.6 is 24.0 Å². The normalized spacial score (nSPS) is 11.5. The zero-order valence-electron chi connectivity index (χ0n) is 15.7. The van der Waals surface area contributed by atoms with Crippen LogP contribution in [-0.2, 0) is 13.1 Å². The molecule has 0 aliphatic carbocycles. The lowest BCUT2D eigenvalue weighted by Gasteiger charge is -2.12. The van der Waals surface area contributed by atoms with Crippen molar-refractivity contribution in [2.45, 2.75) is 33.1 Å². The predicted octanol–water partition coefficient (Wildman–Crippen LogP) is 4.20. The van der Waals surface area contributed by atoms with Crippen LogP contribution in [0, 0.1) is 6.92 Å². The Labute approximate surface area is 179 Å². The average molecular weight is 508 g/mol. The molecule has 2 rings (SSSR count). The van der Waals surface area contributed by atoms with Gasteiger partial charge in [-0.15, -0.1) is 24.0 Å². The summed E-state index contributed by atoms with van der Waals surface area (Å²) in [6.07, 6.45) is -2.98. The first-order valence-electron chi connectivity index (χ1n) is 8.58. The molecule has 0 amide bonds. The maximum Gasteiger partial charge on any atom is 0.422 e. The highest BCUT2D eigenvalue weighted by atomic mass is 127. The van der Waals surface area contributed by atoms with E-state index in [0.717, 1.165) is 11.1 Å². The second-order valence-corrected chi connectivity index (χ2v) is 5.94. The molecule has 9 heteroatoms. The number of aromatic nitrogens is 1. The summed E-state index contributed by atoms with van der Waals surface area (Å²) in [6, 6.07) is 11.3. The van der Waals surface area contributed by atoms with Crippen molar-refractivity contribution < 1.29 is 17.9 Å². The highest BCUT2D eigenvalue weighted by Gasteiger charge is 2.28. The van der Waals surface area contributed by atoms with Crippen LogP contribution in [0.5, 0.6) is 5.88 Å². The number of aliphatic imine (C=N–C) groups is 1. The molecule has 0 saturated carbocycles. The molecule has 1 aromatic heterocycles. The van der Waals surface area contributed by atoms with Crippen LogP contribution in [-0.4, -0.2) is 30.3 Å². The summed E-state index contributed by atoms with van der Waals surface area (Å²) >= 11 is 0. The topological polar surface area (TPSA) is 58.5 Å². The summed E-state index contributed by atoms with van der Waals surface area (Å²) in [5.41, 5.74) is 3.01. The van der Waals surface area contributed by atoms with Crippen molar-refractivity contribution in [3.8, 4) is 5.88 Å². The number of benzene rings is 1. The van der Waals surface area contributed by atoms with Crippen LogP contribution < -0.4 is 15.4 Å². The Hall–Kier alpha value is -2.04. The Kier molecular flexibility index (Phi) is 10.0. The summed E-state index contributed by atoms with van der Waals surface area (Å²) in [5.74, 6) is 0.557. The quantitative estimate of drug-likeness (QED) is 0.335. The van der Waals surface area contributed by atoms with E-state index in [4.69, 9.17) is 0 Å². The van der Waals surface area contributed by atoms with Crippen molar-refractivity contribution in [2.24, 2.45) is 4.99 Å². The lowest BCUT2D eigenvalue weighted by molar-refractivity contribution is -0.154. The molecule has 0 radical (unpaired) electrons. The number of alkyl halides is 3. The summed E-state index contributed by atoms with van der Waals surface area (Å²) in [6.45, 7) is 4.21. The smallest absolute Gasteiger partial charge is 0.422 e. The lowest BCUT2D eigenvalue weighted by Crippen LogP contribution is -2.36.